The molecular weight excluding hydrogens is 261 g/mol. The predicted molar refractivity (Wildman–Crippen MR) is 71.2 cm³/mol. The number of primary amides is 1. The van der Waals surface area contributed by atoms with Crippen molar-refractivity contribution in [3.8, 4) is 0 Å². The van der Waals surface area contributed by atoms with Crippen molar-refractivity contribution in [2.45, 2.75) is 0 Å². The zero-order chi connectivity index (χ0) is 14.1. The van der Waals surface area contributed by atoms with E-state index in [4.69, 9.17) is 5.73 Å². The molecular formula is C13H10FN5O. The molecule has 6 nitrogen and oxygen atoms in total. The number of rotatable bonds is 3. The minimum absolute atomic E-state index is 0.0660. The minimum Gasteiger partial charge on any atom is -0.365 e. The van der Waals surface area contributed by atoms with Gasteiger partial charge in [0, 0.05) is 6.20 Å². The van der Waals surface area contributed by atoms with Gasteiger partial charge in [0.15, 0.2) is 0 Å². The molecule has 7 heteroatoms. The first-order valence-corrected chi connectivity index (χ1v) is 5.81. The molecule has 0 spiro atoms. The molecule has 3 rings (SSSR count). The number of nitrogens with two attached hydrogens (primary N) is 1. The topological polar surface area (TPSA) is 85.3 Å². The van der Waals surface area contributed by atoms with Crippen LogP contribution in [0.1, 0.15) is 10.4 Å². The summed E-state index contributed by atoms with van der Waals surface area (Å²) in [7, 11) is 0. The number of pyridine rings is 2. The van der Waals surface area contributed by atoms with Crippen LogP contribution in [0.5, 0.6) is 0 Å². The standard InChI is InChI=1S/C13H10FN5O/c14-11-5-4-8(12(15)20)13(18-11)17-9-7-16-19-6-2-1-3-10(9)19/h1-7H,(H2,15,20)(H,17,18). The number of halogens is 1. The smallest absolute Gasteiger partial charge is 0.252 e. The van der Waals surface area contributed by atoms with E-state index in [1.54, 1.807) is 16.9 Å². The van der Waals surface area contributed by atoms with Crippen LogP contribution in [-0.2, 0) is 0 Å². The molecule has 3 aromatic rings. The van der Waals surface area contributed by atoms with Gasteiger partial charge >= 0.3 is 0 Å². The first kappa shape index (κ1) is 12.1. The molecule has 3 N–H and O–H groups in total. The Morgan fingerprint density at radius 1 is 1.30 bits per heavy atom. The van der Waals surface area contributed by atoms with E-state index in [1.165, 1.54) is 6.07 Å². The van der Waals surface area contributed by atoms with Crippen LogP contribution in [-0.4, -0.2) is 20.5 Å². The van der Waals surface area contributed by atoms with Crippen molar-refractivity contribution in [1.82, 2.24) is 14.6 Å². The normalized spacial score (nSPS) is 10.7. The number of aromatic nitrogens is 3. The molecule has 3 heterocycles. The van der Waals surface area contributed by atoms with Gasteiger partial charge in [-0.2, -0.15) is 9.49 Å². The van der Waals surface area contributed by atoms with E-state index < -0.39 is 11.9 Å². The van der Waals surface area contributed by atoms with Crippen LogP contribution in [0.4, 0.5) is 15.9 Å². The molecule has 20 heavy (non-hydrogen) atoms. The zero-order valence-electron chi connectivity index (χ0n) is 10.2. The van der Waals surface area contributed by atoms with Crippen molar-refractivity contribution < 1.29 is 9.18 Å². The van der Waals surface area contributed by atoms with Gasteiger partial charge in [0.1, 0.15) is 5.82 Å². The average molecular weight is 271 g/mol. The Labute approximate surface area is 113 Å². The Kier molecular flexibility index (Phi) is 2.79. The molecule has 0 atom stereocenters. The lowest BCUT2D eigenvalue weighted by Crippen LogP contribution is -2.14. The summed E-state index contributed by atoms with van der Waals surface area (Å²) in [5.41, 5.74) is 6.73. The number of fused-ring (bicyclic) bond motifs is 1. The zero-order valence-corrected chi connectivity index (χ0v) is 10.2. The van der Waals surface area contributed by atoms with Gasteiger partial charge in [-0.15, -0.1) is 0 Å². The monoisotopic (exact) mass is 271 g/mol. The van der Waals surface area contributed by atoms with E-state index in [9.17, 15) is 9.18 Å². The summed E-state index contributed by atoms with van der Waals surface area (Å²) < 4.78 is 14.9. The summed E-state index contributed by atoms with van der Waals surface area (Å²) in [5.74, 6) is -1.32. The summed E-state index contributed by atoms with van der Waals surface area (Å²) in [5, 5.41) is 7.01. The van der Waals surface area contributed by atoms with E-state index in [-0.39, 0.29) is 11.4 Å². The summed E-state index contributed by atoms with van der Waals surface area (Å²) in [4.78, 5) is 15.0. The van der Waals surface area contributed by atoms with E-state index in [0.717, 1.165) is 11.6 Å². The summed E-state index contributed by atoms with van der Waals surface area (Å²) in [6, 6.07) is 7.88. The van der Waals surface area contributed by atoms with Crippen molar-refractivity contribution in [2.75, 3.05) is 5.32 Å². The maximum Gasteiger partial charge on any atom is 0.252 e. The largest absolute Gasteiger partial charge is 0.365 e. The van der Waals surface area contributed by atoms with Crippen LogP contribution in [0.25, 0.3) is 5.52 Å². The van der Waals surface area contributed by atoms with Gasteiger partial charge in [0.2, 0.25) is 5.95 Å². The highest BCUT2D eigenvalue weighted by Crippen LogP contribution is 2.22. The molecule has 0 aliphatic carbocycles. The Morgan fingerprint density at radius 3 is 2.95 bits per heavy atom. The molecule has 0 aliphatic heterocycles. The van der Waals surface area contributed by atoms with Gasteiger partial charge in [-0.1, -0.05) is 6.07 Å². The molecule has 0 aliphatic rings. The lowest BCUT2D eigenvalue weighted by atomic mass is 10.2. The number of carbonyl (C=O) groups is 1. The second-order valence-corrected chi connectivity index (χ2v) is 4.11. The highest BCUT2D eigenvalue weighted by Gasteiger charge is 2.13. The fraction of sp³-hybridized carbons (Fsp3) is 0. The van der Waals surface area contributed by atoms with Crippen LogP contribution in [0.15, 0.2) is 42.7 Å². The molecule has 3 aromatic heterocycles. The van der Waals surface area contributed by atoms with E-state index in [1.807, 2.05) is 18.2 Å². The van der Waals surface area contributed by atoms with Gasteiger partial charge in [-0.25, -0.2) is 9.50 Å². The lowest BCUT2D eigenvalue weighted by Gasteiger charge is -2.07. The molecule has 0 bridgehead atoms. The van der Waals surface area contributed by atoms with Crippen molar-refractivity contribution in [3.05, 3.63) is 54.2 Å². The highest BCUT2D eigenvalue weighted by atomic mass is 19.1. The van der Waals surface area contributed by atoms with Gasteiger partial charge in [-0.05, 0) is 24.3 Å². The van der Waals surface area contributed by atoms with Crippen LogP contribution < -0.4 is 11.1 Å². The maximum absolute atomic E-state index is 13.2. The third-order valence-corrected chi connectivity index (χ3v) is 2.81. The number of hydrogen-bond donors (Lipinski definition) is 2. The summed E-state index contributed by atoms with van der Waals surface area (Å²) >= 11 is 0. The third-order valence-electron chi connectivity index (χ3n) is 2.81. The van der Waals surface area contributed by atoms with Gasteiger partial charge in [0.25, 0.3) is 5.91 Å². The molecule has 100 valence electrons. The molecule has 0 aromatic carbocycles. The molecule has 0 saturated heterocycles. The number of hydrogen-bond acceptors (Lipinski definition) is 4. The first-order chi connectivity index (χ1) is 9.65. The molecule has 0 saturated carbocycles. The average Bonchev–Trinajstić information content (AvgIpc) is 2.82. The molecule has 1 amide bonds. The molecule has 0 unspecified atom stereocenters. The van der Waals surface area contributed by atoms with E-state index in [0.29, 0.717) is 5.69 Å². The molecule has 0 fully saturated rings. The van der Waals surface area contributed by atoms with Crippen molar-refractivity contribution in [2.24, 2.45) is 5.73 Å². The number of carbonyl (C=O) groups excluding carboxylic acids is 1. The quantitative estimate of drug-likeness (QED) is 0.710. The first-order valence-electron chi connectivity index (χ1n) is 5.81. The van der Waals surface area contributed by atoms with E-state index in [2.05, 4.69) is 15.4 Å². The van der Waals surface area contributed by atoms with Crippen LogP contribution in [0, 0.1) is 5.95 Å². The van der Waals surface area contributed by atoms with Crippen molar-refractivity contribution >= 4 is 22.9 Å². The second kappa shape index (κ2) is 4.61. The van der Waals surface area contributed by atoms with Crippen molar-refractivity contribution in [1.29, 1.82) is 0 Å². The SMILES string of the molecule is NC(=O)c1ccc(F)nc1Nc1cnn2ccccc12. The Bertz CT molecular complexity index is 798. The summed E-state index contributed by atoms with van der Waals surface area (Å²) in [6.45, 7) is 0. The Hall–Kier alpha value is -2.96. The third kappa shape index (κ3) is 2.05. The van der Waals surface area contributed by atoms with Crippen LogP contribution in [0.3, 0.4) is 0 Å². The fourth-order valence-corrected chi connectivity index (χ4v) is 1.89. The fourth-order valence-electron chi connectivity index (χ4n) is 1.89. The van der Waals surface area contributed by atoms with Crippen LogP contribution in [0.2, 0.25) is 0 Å². The Morgan fingerprint density at radius 2 is 2.15 bits per heavy atom. The highest BCUT2D eigenvalue weighted by molar-refractivity contribution is 5.98. The van der Waals surface area contributed by atoms with Crippen LogP contribution >= 0.6 is 0 Å². The predicted octanol–water partition coefficient (Wildman–Crippen LogP) is 1.71. The van der Waals surface area contributed by atoms with Gasteiger partial charge < -0.3 is 11.1 Å². The maximum atomic E-state index is 13.2. The number of amides is 1. The van der Waals surface area contributed by atoms with Crippen molar-refractivity contribution in [3.63, 3.8) is 0 Å². The number of anilines is 2. The second-order valence-electron chi connectivity index (χ2n) is 4.11. The van der Waals surface area contributed by atoms with E-state index >= 15 is 0 Å². The number of nitrogens with zero attached hydrogens (tertiary/aromatic N) is 3. The summed E-state index contributed by atoms with van der Waals surface area (Å²) in [6.07, 6.45) is 3.33. The van der Waals surface area contributed by atoms with Gasteiger partial charge in [0.05, 0.1) is 23.0 Å². The lowest BCUT2D eigenvalue weighted by molar-refractivity contribution is 0.100. The molecule has 0 radical (unpaired) electrons. The Balaban J connectivity index is 2.07. The number of nitrogens with one attached hydrogen (secondary N) is 1. The minimum atomic E-state index is -0.700. The van der Waals surface area contributed by atoms with Gasteiger partial charge in [-0.3, -0.25) is 4.79 Å².